The second-order valence-corrected chi connectivity index (χ2v) is 3.54. The lowest BCUT2D eigenvalue weighted by atomic mass is 10.2. The Balaban J connectivity index is 2.53. The second-order valence-electron chi connectivity index (χ2n) is 3.54. The Kier molecular flexibility index (Phi) is 2.97. The number of imidazole rings is 1. The van der Waals surface area contributed by atoms with Crippen molar-refractivity contribution in [1.29, 1.82) is 0 Å². The highest BCUT2D eigenvalue weighted by atomic mass is 16.5. The van der Waals surface area contributed by atoms with Crippen LogP contribution in [0.25, 0.3) is 11.0 Å². The van der Waals surface area contributed by atoms with E-state index in [1.54, 1.807) is 22.8 Å². The number of carbonyl (C=O) groups excluding carboxylic acids is 1. The highest BCUT2D eigenvalue weighted by molar-refractivity contribution is 5.94. The number of methoxy groups -OCH3 is 1. The molecule has 0 unspecified atom stereocenters. The van der Waals surface area contributed by atoms with Gasteiger partial charge in [-0.25, -0.2) is 9.78 Å². The molecule has 1 heterocycles. The third-order valence-electron chi connectivity index (χ3n) is 2.52. The largest absolute Gasteiger partial charge is 0.465 e. The van der Waals surface area contributed by atoms with Crippen molar-refractivity contribution in [2.24, 2.45) is 0 Å². The number of hydrogen-bond acceptors (Lipinski definition) is 5. The zero-order chi connectivity index (χ0) is 12.4. The maximum absolute atomic E-state index is 11.3. The molecule has 90 valence electrons. The molecular formula is C11H13N3O3. The number of nitrogens with zero attached hydrogens (tertiary/aromatic N) is 2. The molecule has 0 saturated carbocycles. The molecule has 0 radical (unpaired) electrons. The van der Waals surface area contributed by atoms with Gasteiger partial charge in [0, 0.05) is 6.54 Å². The molecule has 0 aliphatic rings. The van der Waals surface area contributed by atoms with Gasteiger partial charge >= 0.3 is 5.97 Å². The molecule has 0 spiro atoms. The molecule has 0 aliphatic carbocycles. The molecule has 1 aromatic carbocycles. The van der Waals surface area contributed by atoms with E-state index in [1.807, 2.05) is 0 Å². The number of aliphatic hydroxyl groups is 1. The van der Waals surface area contributed by atoms with Crippen molar-refractivity contribution in [3.63, 3.8) is 0 Å². The normalized spacial score (nSPS) is 10.7. The minimum atomic E-state index is -0.415. The Morgan fingerprint density at radius 2 is 2.35 bits per heavy atom. The summed E-state index contributed by atoms with van der Waals surface area (Å²) in [4.78, 5) is 15.5. The molecule has 2 aromatic rings. The Hall–Kier alpha value is -2.08. The molecular weight excluding hydrogens is 222 g/mol. The maximum Gasteiger partial charge on any atom is 0.337 e. The van der Waals surface area contributed by atoms with Gasteiger partial charge < -0.3 is 20.1 Å². The van der Waals surface area contributed by atoms with Crippen LogP contribution in [0, 0.1) is 0 Å². The molecule has 1 aromatic heterocycles. The van der Waals surface area contributed by atoms with Crippen LogP contribution in [-0.2, 0) is 11.3 Å². The third-order valence-corrected chi connectivity index (χ3v) is 2.52. The van der Waals surface area contributed by atoms with Gasteiger partial charge in [-0.1, -0.05) is 0 Å². The fraction of sp³-hybridized carbons (Fsp3) is 0.273. The van der Waals surface area contributed by atoms with Crippen LogP contribution in [0.2, 0.25) is 0 Å². The number of carbonyl (C=O) groups is 1. The number of fused-ring (bicyclic) bond motifs is 1. The summed E-state index contributed by atoms with van der Waals surface area (Å²) in [7, 11) is 1.32. The molecule has 0 amide bonds. The van der Waals surface area contributed by atoms with E-state index in [1.165, 1.54) is 7.11 Å². The van der Waals surface area contributed by atoms with Crippen LogP contribution in [-0.4, -0.2) is 34.3 Å². The first kappa shape index (κ1) is 11.4. The van der Waals surface area contributed by atoms with Gasteiger partial charge in [-0.15, -0.1) is 0 Å². The summed E-state index contributed by atoms with van der Waals surface area (Å²) >= 11 is 0. The van der Waals surface area contributed by atoms with E-state index < -0.39 is 5.97 Å². The van der Waals surface area contributed by atoms with Crippen LogP contribution >= 0.6 is 0 Å². The number of anilines is 1. The van der Waals surface area contributed by atoms with Crippen LogP contribution < -0.4 is 5.73 Å². The number of benzene rings is 1. The van der Waals surface area contributed by atoms with Crippen LogP contribution in [0.3, 0.4) is 0 Å². The van der Waals surface area contributed by atoms with E-state index in [0.717, 1.165) is 5.52 Å². The first-order valence-electron chi connectivity index (χ1n) is 5.12. The molecule has 0 bridgehead atoms. The minimum absolute atomic E-state index is 0.0194. The van der Waals surface area contributed by atoms with E-state index in [4.69, 9.17) is 10.8 Å². The predicted octanol–water partition coefficient (Wildman–Crippen LogP) is 0.397. The summed E-state index contributed by atoms with van der Waals surface area (Å²) in [5.41, 5.74) is 7.54. The van der Waals surface area contributed by atoms with Crippen molar-refractivity contribution in [2.75, 3.05) is 19.5 Å². The highest BCUT2D eigenvalue weighted by Gasteiger charge is 2.11. The lowest BCUT2D eigenvalue weighted by Gasteiger charge is -2.03. The van der Waals surface area contributed by atoms with Gasteiger partial charge in [-0.2, -0.15) is 0 Å². The number of esters is 1. The van der Waals surface area contributed by atoms with Gasteiger partial charge in [-0.3, -0.25) is 0 Å². The molecule has 0 fully saturated rings. The van der Waals surface area contributed by atoms with Gasteiger partial charge in [0.2, 0.25) is 5.95 Å². The van der Waals surface area contributed by atoms with E-state index in [-0.39, 0.29) is 6.61 Å². The first-order valence-corrected chi connectivity index (χ1v) is 5.12. The summed E-state index contributed by atoms with van der Waals surface area (Å²) in [5.74, 6) is -0.0988. The fourth-order valence-corrected chi connectivity index (χ4v) is 1.73. The quantitative estimate of drug-likeness (QED) is 0.751. The fourth-order valence-electron chi connectivity index (χ4n) is 1.73. The Morgan fingerprint density at radius 1 is 1.59 bits per heavy atom. The van der Waals surface area contributed by atoms with E-state index in [2.05, 4.69) is 9.72 Å². The first-order chi connectivity index (χ1) is 8.17. The summed E-state index contributed by atoms with van der Waals surface area (Å²) in [6.45, 7) is 0.355. The number of aromatic nitrogens is 2. The van der Waals surface area contributed by atoms with E-state index >= 15 is 0 Å². The van der Waals surface area contributed by atoms with E-state index in [9.17, 15) is 4.79 Å². The van der Waals surface area contributed by atoms with Gasteiger partial charge in [0.25, 0.3) is 0 Å². The van der Waals surface area contributed by atoms with Crippen LogP contribution in [0.15, 0.2) is 18.2 Å². The summed E-state index contributed by atoms with van der Waals surface area (Å²) in [6, 6.07) is 5.00. The van der Waals surface area contributed by atoms with Crippen molar-refractivity contribution >= 4 is 23.0 Å². The van der Waals surface area contributed by atoms with Crippen molar-refractivity contribution in [3.8, 4) is 0 Å². The van der Waals surface area contributed by atoms with Gasteiger partial charge in [0.05, 0.1) is 30.3 Å². The standard InChI is InChI=1S/C11H13N3O3/c1-17-10(16)7-2-3-9-8(6-7)13-11(12)14(9)4-5-15/h2-3,6,15H,4-5H2,1H3,(H2,12,13). The smallest absolute Gasteiger partial charge is 0.337 e. The van der Waals surface area contributed by atoms with Crippen molar-refractivity contribution in [2.45, 2.75) is 6.54 Å². The number of aliphatic hydroxyl groups excluding tert-OH is 1. The van der Waals surface area contributed by atoms with Crippen molar-refractivity contribution < 1.29 is 14.6 Å². The third kappa shape index (κ3) is 1.94. The second kappa shape index (κ2) is 4.42. The maximum atomic E-state index is 11.3. The minimum Gasteiger partial charge on any atom is -0.465 e. The summed E-state index contributed by atoms with van der Waals surface area (Å²) < 4.78 is 6.32. The number of nitrogens with two attached hydrogens (primary N) is 1. The molecule has 3 N–H and O–H groups in total. The molecule has 6 heteroatoms. The van der Waals surface area contributed by atoms with Gasteiger partial charge in [-0.05, 0) is 18.2 Å². The zero-order valence-corrected chi connectivity index (χ0v) is 9.38. The number of hydrogen-bond donors (Lipinski definition) is 2. The summed E-state index contributed by atoms with van der Waals surface area (Å²) in [5, 5.41) is 8.92. The van der Waals surface area contributed by atoms with Crippen molar-refractivity contribution in [3.05, 3.63) is 23.8 Å². The predicted molar refractivity (Wildman–Crippen MR) is 62.6 cm³/mol. The lowest BCUT2D eigenvalue weighted by Crippen LogP contribution is -2.06. The molecule has 0 atom stereocenters. The monoisotopic (exact) mass is 235 g/mol. The SMILES string of the molecule is COC(=O)c1ccc2c(c1)nc(N)n2CCO. The van der Waals surface area contributed by atoms with Crippen LogP contribution in [0.5, 0.6) is 0 Å². The lowest BCUT2D eigenvalue weighted by molar-refractivity contribution is 0.0601. The van der Waals surface area contributed by atoms with Crippen molar-refractivity contribution in [1.82, 2.24) is 9.55 Å². The topological polar surface area (TPSA) is 90.4 Å². The zero-order valence-electron chi connectivity index (χ0n) is 9.38. The van der Waals surface area contributed by atoms with Crippen LogP contribution in [0.4, 0.5) is 5.95 Å². The molecule has 2 rings (SSSR count). The number of ether oxygens (including phenoxy) is 1. The average molecular weight is 235 g/mol. The van der Waals surface area contributed by atoms with Crippen LogP contribution in [0.1, 0.15) is 10.4 Å². The Morgan fingerprint density at radius 3 is 3.00 bits per heavy atom. The van der Waals surface area contributed by atoms with E-state index in [0.29, 0.717) is 23.6 Å². The molecule has 17 heavy (non-hydrogen) atoms. The van der Waals surface area contributed by atoms with Gasteiger partial charge in [0.15, 0.2) is 0 Å². The van der Waals surface area contributed by atoms with Gasteiger partial charge in [0.1, 0.15) is 0 Å². The average Bonchev–Trinajstić information content (AvgIpc) is 2.64. The molecule has 6 nitrogen and oxygen atoms in total. The summed E-state index contributed by atoms with van der Waals surface area (Å²) in [6.07, 6.45) is 0. The molecule has 0 aliphatic heterocycles. The number of rotatable bonds is 3. The Labute approximate surface area is 97.6 Å². The number of nitrogen functional groups attached to an aromatic ring is 1. The Bertz CT molecular complexity index is 562. The highest BCUT2D eigenvalue weighted by Crippen LogP contribution is 2.19. The molecule has 0 saturated heterocycles.